The first-order valence-corrected chi connectivity index (χ1v) is 4.44. The van der Waals surface area contributed by atoms with Gasteiger partial charge in [-0.15, -0.1) is 0 Å². The summed E-state index contributed by atoms with van der Waals surface area (Å²) in [6.45, 7) is 0. The summed E-state index contributed by atoms with van der Waals surface area (Å²) < 4.78 is 0. The lowest BCUT2D eigenvalue weighted by Gasteiger charge is -2.02. The third-order valence-corrected chi connectivity index (χ3v) is 1.99. The standard InChI is InChI=1S/C11H9N3O/c15-14-7-9-4-6-12-8-10(9)11-3-1-2-5-13-11/h1-8,15H/b14-7+. The zero-order valence-electron chi connectivity index (χ0n) is 7.91. The normalized spacial score (nSPS) is 10.7. The summed E-state index contributed by atoms with van der Waals surface area (Å²) in [5.41, 5.74) is 2.43. The molecule has 0 amide bonds. The molecule has 2 aromatic heterocycles. The molecular formula is C11H9N3O. The summed E-state index contributed by atoms with van der Waals surface area (Å²) in [5.74, 6) is 0. The third-order valence-electron chi connectivity index (χ3n) is 1.99. The van der Waals surface area contributed by atoms with Crippen molar-refractivity contribution >= 4 is 6.21 Å². The predicted molar refractivity (Wildman–Crippen MR) is 56.8 cm³/mol. The molecule has 15 heavy (non-hydrogen) atoms. The first kappa shape index (κ1) is 9.33. The van der Waals surface area contributed by atoms with E-state index in [1.165, 1.54) is 6.21 Å². The SMILES string of the molecule is O/N=C/c1ccncc1-c1ccccn1. The zero-order chi connectivity index (χ0) is 10.5. The van der Waals surface area contributed by atoms with Crippen molar-refractivity contribution in [2.75, 3.05) is 0 Å². The van der Waals surface area contributed by atoms with Crippen molar-refractivity contribution < 1.29 is 5.21 Å². The van der Waals surface area contributed by atoms with Gasteiger partial charge in [0.05, 0.1) is 11.9 Å². The molecule has 2 aromatic rings. The zero-order valence-corrected chi connectivity index (χ0v) is 7.91. The highest BCUT2D eigenvalue weighted by Gasteiger charge is 2.03. The van der Waals surface area contributed by atoms with Crippen LogP contribution in [0.15, 0.2) is 48.0 Å². The van der Waals surface area contributed by atoms with Crippen molar-refractivity contribution in [3.63, 3.8) is 0 Å². The van der Waals surface area contributed by atoms with Gasteiger partial charge in [-0.05, 0) is 18.2 Å². The lowest BCUT2D eigenvalue weighted by molar-refractivity contribution is 0.322. The van der Waals surface area contributed by atoms with Crippen LogP contribution in [0.25, 0.3) is 11.3 Å². The highest BCUT2D eigenvalue weighted by molar-refractivity contribution is 5.88. The second-order valence-electron chi connectivity index (χ2n) is 2.92. The van der Waals surface area contributed by atoms with E-state index in [9.17, 15) is 0 Å². The van der Waals surface area contributed by atoms with Crippen molar-refractivity contribution in [2.24, 2.45) is 5.16 Å². The Bertz CT molecular complexity index is 468. The molecule has 74 valence electrons. The molecule has 2 rings (SSSR count). The van der Waals surface area contributed by atoms with Gasteiger partial charge in [0.15, 0.2) is 0 Å². The van der Waals surface area contributed by atoms with Gasteiger partial charge >= 0.3 is 0 Å². The molecule has 0 bridgehead atoms. The molecular weight excluding hydrogens is 190 g/mol. The topological polar surface area (TPSA) is 58.4 Å². The van der Waals surface area contributed by atoms with Crippen LogP contribution in [0.2, 0.25) is 0 Å². The maximum Gasteiger partial charge on any atom is 0.0741 e. The van der Waals surface area contributed by atoms with Gasteiger partial charge in [-0.3, -0.25) is 9.97 Å². The quantitative estimate of drug-likeness (QED) is 0.457. The fraction of sp³-hybridized carbons (Fsp3) is 0. The van der Waals surface area contributed by atoms with Crippen LogP contribution in [0.4, 0.5) is 0 Å². The molecule has 0 aromatic carbocycles. The molecule has 0 fully saturated rings. The summed E-state index contributed by atoms with van der Waals surface area (Å²) in [4.78, 5) is 8.23. The lowest BCUT2D eigenvalue weighted by atomic mass is 10.1. The Morgan fingerprint density at radius 3 is 2.87 bits per heavy atom. The first-order valence-electron chi connectivity index (χ1n) is 4.44. The van der Waals surface area contributed by atoms with Gasteiger partial charge < -0.3 is 5.21 Å². The van der Waals surface area contributed by atoms with Crippen LogP contribution in [0.1, 0.15) is 5.56 Å². The van der Waals surface area contributed by atoms with Gasteiger partial charge in [-0.25, -0.2) is 0 Å². The summed E-state index contributed by atoms with van der Waals surface area (Å²) in [7, 11) is 0. The van der Waals surface area contributed by atoms with Crippen LogP contribution >= 0.6 is 0 Å². The Balaban J connectivity index is 2.53. The number of aromatic nitrogens is 2. The van der Waals surface area contributed by atoms with Gasteiger partial charge in [0.2, 0.25) is 0 Å². The Morgan fingerprint density at radius 2 is 2.13 bits per heavy atom. The van der Waals surface area contributed by atoms with Crippen molar-refractivity contribution in [1.29, 1.82) is 0 Å². The monoisotopic (exact) mass is 199 g/mol. The highest BCUT2D eigenvalue weighted by atomic mass is 16.4. The Hall–Kier alpha value is -2.23. The van der Waals surface area contributed by atoms with Gasteiger partial charge in [0.25, 0.3) is 0 Å². The Morgan fingerprint density at radius 1 is 1.20 bits per heavy atom. The maximum atomic E-state index is 8.52. The van der Waals surface area contributed by atoms with Gasteiger partial charge in [-0.1, -0.05) is 11.2 Å². The fourth-order valence-corrected chi connectivity index (χ4v) is 1.32. The minimum atomic E-state index is 0.784. The van der Waals surface area contributed by atoms with E-state index in [0.717, 1.165) is 16.8 Å². The smallest absolute Gasteiger partial charge is 0.0741 e. The van der Waals surface area contributed by atoms with E-state index in [2.05, 4.69) is 15.1 Å². The number of rotatable bonds is 2. The summed E-state index contributed by atoms with van der Waals surface area (Å²) in [6.07, 6.45) is 6.41. The summed E-state index contributed by atoms with van der Waals surface area (Å²) in [6, 6.07) is 7.39. The van der Waals surface area contributed by atoms with Crippen LogP contribution < -0.4 is 0 Å². The molecule has 0 spiro atoms. The van der Waals surface area contributed by atoms with Crippen LogP contribution in [-0.4, -0.2) is 21.4 Å². The number of oxime groups is 1. The molecule has 4 heteroatoms. The molecule has 0 aliphatic carbocycles. The number of hydrogen-bond acceptors (Lipinski definition) is 4. The molecule has 0 saturated heterocycles. The van der Waals surface area contributed by atoms with E-state index in [1.54, 1.807) is 24.7 Å². The van der Waals surface area contributed by atoms with Gasteiger partial charge in [0, 0.05) is 29.7 Å². The third kappa shape index (κ3) is 1.99. The maximum absolute atomic E-state index is 8.52. The van der Waals surface area contributed by atoms with E-state index in [4.69, 9.17) is 5.21 Å². The molecule has 0 radical (unpaired) electrons. The molecule has 0 aliphatic heterocycles. The Labute approximate surface area is 86.9 Å². The molecule has 0 saturated carbocycles. The number of pyridine rings is 2. The van der Waals surface area contributed by atoms with E-state index >= 15 is 0 Å². The lowest BCUT2D eigenvalue weighted by Crippen LogP contribution is -1.91. The van der Waals surface area contributed by atoms with Crippen molar-refractivity contribution in [2.45, 2.75) is 0 Å². The van der Waals surface area contributed by atoms with E-state index in [-0.39, 0.29) is 0 Å². The Kier molecular flexibility index (Phi) is 2.69. The molecule has 0 aliphatic rings. The molecule has 2 heterocycles. The average molecular weight is 199 g/mol. The summed E-state index contributed by atoms with van der Waals surface area (Å²) in [5, 5.41) is 11.5. The van der Waals surface area contributed by atoms with E-state index in [1.807, 2.05) is 18.2 Å². The molecule has 0 atom stereocenters. The van der Waals surface area contributed by atoms with E-state index in [0.29, 0.717) is 0 Å². The fourth-order valence-electron chi connectivity index (χ4n) is 1.32. The number of nitrogens with zero attached hydrogens (tertiary/aromatic N) is 3. The average Bonchev–Trinajstić information content (AvgIpc) is 2.31. The largest absolute Gasteiger partial charge is 0.411 e. The summed E-state index contributed by atoms with van der Waals surface area (Å²) >= 11 is 0. The second-order valence-corrected chi connectivity index (χ2v) is 2.92. The molecule has 4 nitrogen and oxygen atoms in total. The van der Waals surface area contributed by atoms with Gasteiger partial charge in [-0.2, -0.15) is 0 Å². The van der Waals surface area contributed by atoms with Crippen molar-refractivity contribution in [3.05, 3.63) is 48.4 Å². The van der Waals surface area contributed by atoms with Gasteiger partial charge in [0.1, 0.15) is 0 Å². The number of hydrogen-bond donors (Lipinski definition) is 1. The minimum Gasteiger partial charge on any atom is -0.411 e. The second kappa shape index (κ2) is 4.32. The van der Waals surface area contributed by atoms with Crippen LogP contribution in [0.3, 0.4) is 0 Å². The van der Waals surface area contributed by atoms with Crippen LogP contribution in [-0.2, 0) is 0 Å². The first-order chi connectivity index (χ1) is 7.42. The molecule has 1 N–H and O–H groups in total. The van der Waals surface area contributed by atoms with Crippen LogP contribution in [0.5, 0.6) is 0 Å². The highest BCUT2D eigenvalue weighted by Crippen LogP contribution is 2.18. The van der Waals surface area contributed by atoms with Crippen molar-refractivity contribution in [1.82, 2.24) is 9.97 Å². The predicted octanol–water partition coefficient (Wildman–Crippen LogP) is 1.95. The van der Waals surface area contributed by atoms with E-state index < -0.39 is 0 Å². The molecule has 0 unspecified atom stereocenters. The minimum absolute atomic E-state index is 0.784. The van der Waals surface area contributed by atoms with Crippen LogP contribution in [0, 0.1) is 0 Å². The van der Waals surface area contributed by atoms with Crippen molar-refractivity contribution in [3.8, 4) is 11.3 Å².